The fourth-order valence-corrected chi connectivity index (χ4v) is 2.52. The summed E-state index contributed by atoms with van der Waals surface area (Å²) in [4.78, 5) is 24.1. The second kappa shape index (κ2) is 9.08. The highest BCUT2D eigenvalue weighted by molar-refractivity contribution is 9.10. The lowest BCUT2D eigenvalue weighted by Crippen LogP contribution is -2.27. The first-order valence-electron chi connectivity index (χ1n) is 7.58. The first kappa shape index (κ1) is 18.8. The van der Waals surface area contributed by atoms with Gasteiger partial charge in [-0.2, -0.15) is 0 Å². The van der Waals surface area contributed by atoms with Crippen LogP contribution in [0.1, 0.15) is 16.8 Å². The van der Waals surface area contributed by atoms with Crippen LogP contribution in [0.15, 0.2) is 46.9 Å². The van der Waals surface area contributed by atoms with Crippen molar-refractivity contribution >= 4 is 33.4 Å². The zero-order valence-corrected chi connectivity index (χ0v) is 15.6. The highest BCUT2D eigenvalue weighted by Crippen LogP contribution is 2.22. The summed E-state index contributed by atoms with van der Waals surface area (Å²) in [6.07, 6.45) is 0.166. The van der Waals surface area contributed by atoms with Gasteiger partial charge in [0, 0.05) is 34.8 Å². The number of amides is 2. The van der Waals surface area contributed by atoms with Crippen LogP contribution < -0.4 is 20.1 Å². The molecule has 6 nitrogen and oxygen atoms in total. The Morgan fingerprint density at radius 2 is 1.72 bits per heavy atom. The number of carbonyl (C=O) groups is 2. The molecule has 2 N–H and O–H groups in total. The molecular formula is C18H19BrN2O4. The third-order valence-corrected chi connectivity index (χ3v) is 3.85. The lowest BCUT2D eigenvalue weighted by molar-refractivity contribution is -0.116. The van der Waals surface area contributed by atoms with Gasteiger partial charge in [-0.15, -0.1) is 0 Å². The number of benzene rings is 2. The molecule has 25 heavy (non-hydrogen) atoms. The lowest BCUT2D eigenvalue weighted by Gasteiger charge is -2.09. The summed E-state index contributed by atoms with van der Waals surface area (Å²) in [7, 11) is 3.03. The van der Waals surface area contributed by atoms with Crippen LogP contribution in [0.3, 0.4) is 0 Å². The quantitative estimate of drug-likeness (QED) is 0.739. The average Bonchev–Trinajstić information content (AvgIpc) is 2.61. The number of nitrogens with one attached hydrogen (secondary N) is 2. The van der Waals surface area contributed by atoms with Crippen LogP contribution in [-0.4, -0.2) is 32.6 Å². The summed E-state index contributed by atoms with van der Waals surface area (Å²) < 4.78 is 11.2. The number of halogens is 1. The Kier molecular flexibility index (Phi) is 6.82. The number of methoxy groups -OCH3 is 2. The Morgan fingerprint density at radius 3 is 2.32 bits per heavy atom. The third-order valence-electron chi connectivity index (χ3n) is 3.36. The minimum atomic E-state index is -0.299. The van der Waals surface area contributed by atoms with Gasteiger partial charge in [0.05, 0.1) is 14.2 Å². The molecule has 0 aliphatic carbocycles. The highest BCUT2D eigenvalue weighted by Gasteiger charge is 2.10. The third kappa shape index (κ3) is 5.79. The lowest BCUT2D eigenvalue weighted by atomic mass is 10.2. The van der Waals surface area contributed by atoms with E-state index in [1.165, 1.54) is 14.2 Å². The molecule has 0 aliphatic heterocycles. The van der Waals surface area contributed by atoms with Crippen molar-refractivity contribution in [1.29, 1.82) is 0 Å². The molecule has 7 heteroatoms. The molecule has 132 valence electrons. The molecule has 2 amide bonds. The molecule has 0 spiro atoms. The second-order valence-electron chi connectivity index (χ2n) is 5.17. The standard InChI is InChI=1S/C18H19BrN2O4/c1-24-15-8-12(9-16(11-15)25-2)18(23)20-7-6-17(22)21-14-5-3-4-13(19)10-14/h3-5,8-11H,6-7H2,1-2H3,(H,20,23)(H,21,22). The van der Waals surface area contributed by atoms with E-state index in [1.807, 2.05) is 12.1 Å². The van der Waals surface area contributed by atoms with Crippen molar-refractivity contribution in [2.24, 2.45) is 0 Å². The summed E-state index contributed by atoms with van der Waals surface area (Å²) in [5.41, 5.74) is 1.10. The summed E-state index contributed by atoms with van der Waals surface area (Å²) in [5.74, 6) is 0.572. The molecule has 0 aliphatic rings. The molecule has 0 fully saturated rings. The minimum absolute atomic E-state index is 0.166. The van der Waals surface area contributed by atoms with Crippen molar-refractivity contribution in [3.63, 3.8) is 0 Å². The predicted octanol–water partition coefficient (Wildman–Crippen LogP) is 3.22. The van der Waals surface area contributed by atoms with Gasteiger partial charge in [-0.3, -0.25) is 9.59 Å². The van der Waals surface area contributed by atoms with E-state index in [1.54, 1.807) is 30.3 Å². The minimum Gasteiger partial charge on any atom is -0.497 e. The number of carbonyl (C=O) groups excluding carboxylic acids is 2. The van der Waals surface area contributed by atoms with Gasteiger partial charge in [0.15, 0.2) is 0 Å². The molecule has 2 aromatic carbocycles. The van der Waals surface area contributed by atoms with Gasteiger partial charge >= 0.3 is 0 Å². The largest absolute Gasteiger partial charge is 0.497 e. The first-order chi connectivity index (χ1) is 12.0. The zero-order chi connectivity index (χ0) is 18.2. The van der Waals surface area contributed by atoms with Gasteiger partial charge in [-0.25, -0.2) is 0 Å². The van der Waals surface area contributed by atoms with E-state index in [2.05, 4.69) is 26.6 Å². The molecule has 2 rings (SSSR count). The first-order valence-corrected chi connectivity index (χ1v) is 8.38. The van der Waals surface area contributed by atoms with E-state index in [-0.39, 0.29) is 24.8 Å². The van der Waals surface area contributed by atoms with Gasteiger partial charge in [0.2, 0.25) is 5.91 Å². The van der Waals surface area contributed by atoms with Crippen LogP contribution in [0.5, 0.6) is 11.5 Å². The Morgan fingerprint density at radius 1 is 1.04 bits per heavy atom. The molecule has 0 unspecified atom stereocenters. The zero-order valence-electron chi connectivity index (χ0n) is 14.0. The SMILES string of the molecule is COc1cc(OC)cc(C(=O)NCCC(=O)Nc2cccc(Br)c2)c1. The van der Waals surface area contributed by atoms with Gasteiger partial charge in [-0.05, 0) is 30.3 Å². The molecule has 2 aromatic rings. The molecule has 0 heterocycles. The summed E-state index contributed by atoms with van der Waals surface area (Å²) in [6.45, 7) is 0.220. The van der Waals surface area contributed by atoms with Crippen LogP contribution in [0.25, 0.3) is 0 Å². The number of anilines is 1. The smallest absolute Gasteiger partial charge is 0.251 e. The van der Waals surface area contributed by atoms with E-state index < -0.39 is 0 Å². The van der Waals surface area contributed by atoms with E-state index in [4.69, 9.17) is 9.47 Å². The second-order valence-corrected chi connectivity index (χ2v) is 6.08. The number of rotatable bonds is 7. The molecular weight excluding hydrogens is 388 g/mol. The maximum absolute atomic E-state index is 12.2. The van der Waals surface area contributed by atoms with Crippen LogP contribution in [0.2, 0.25) is 0 Å². The summed E-state index contributed by atoms with van der Waals surface area (Å²) in [5, 5.41) is 5.48. The van der Waals surface area contributed by atoms with E-state index in [0.717, 1.165) is 4.47 Å². The van der Waals surface area contributed by atoms with Gasteiger partial charge in [0.1, 0.15) is 11.5 Å². The van der Waals surface area contributed by atoms with Crippen molar-refractivity contribution in [2.75, 3.05) is 26.1 Å². The van der Waals surface area contributed by atoms with Crippen LogP contribution >= 0.6 is 15.9 Å². The number of ether oxygens (including phenoxy) is 2. The maximum Gasteiger partial charge on any atom is 0.251 e. The van der Waals surface area contributed by atoms with Crippen LogP contribution in [0, 0.1) is 0 Å². The van der Waals surface area contributed by atoms with Gasteiger partial charge in [0.25, 0.3) is 5.91 Å². The monoisotopic (exact) mass is 406 g/mol. The molecule has 0 bridgehead atoms. The van der Waals surface area contributed by atoms with Crippen molar-refractivity contribution in [1.82, 2.24) is 5.32 Å². The molecule has 0 saturated carbocycles. The Bertz CT molecular complexity index is 742. The fourth-order valence-electron chi connectivity index (χ4n) is 2.12. The van der Waals surface area contributed by atoms with Crippen molar-refractivity contribution in [2.45, 2.75) is 6.42 Å². The van der Waals surface area contributed by atoms with Crippen molar-refractivity contribution in [3.05, 3.63) is 52.5 Å². The molecule has 0 aromatic heterocycles. The fraction of sp³-hybridized carbons (Fsp3) is 0.222. The van der Waals surface area contributed by atoms with Crippen molar-refractivity contribution < 1.29 is 19.1 Å². The topological polar surface area (TPSA) is 76.7 Å². The maximum atomic E-state index is 12.2. The number of hydrogen-bond donors (Lipinski definition) is 2. The molecule has 0 radical (unpaired) electrons. The van der Waals surface area contributed by atoms with Crippen molar-refractivity contribution in [3.8, 4) is 11.5 Å². The van der Waals surface area contributed by atoms with E-state index >= 15 is 0 Å². The predicted molar refractivity (Wildman–Crippen MR) is 99.3 cm³/mol. The molecule has 0 saturated heterocycles. The summed E-state index contributed by atoms with van der Waals surface area (Å²) in [6, 6.07) is 12.2. The average molecular weight is 407 g/mol. The highest BCUT2D eigenvalue weighted by atomic mass is 79.9. The van der Waals surface area contributed by atoms with E-state index in [0.29, 0.717) is 22.7 Å². The van der Waals surface area contributed by atoms with Gasteiger partial charge < -0.3 is 20.1 Å². The number of hydrogen-bond acceptors (Lipinski definition) is 4. The van der Waals surface area contributed by atoms with E-state index in [9.17, 15) is 9.59 Å². The van der Waals surface area contributed by atoms with Crippen LogP contribution in [0.4, 0.5) is 5.69 Å². The van der Waals surface area contributed by atoms with Crippen LogP contribution in [-0.2, 0) is 4.79 Å². The Balaban J connectivity index is 1.86. The normalized spacial score (nSPS) is 10.0. The Hall–Kier alpha value is -2.54. The molecule has 0 atom stereocenters. The van der Waals surface area contributed by atoms with Gasteiger partial charge in [-0.1, -0.05) is 22.0 Å². The Labute approximate surface area is 154 Å². The summed E-state index contributed by atoms with van der Waals surface area (Å²) >= 11 is 3.34.